The lowest BCUT2D eigenvalue weighted by Crippen LogP contribution is -2.65. The van der Waals surface area contributed by atoms with Gasteiger partial charge in [0, 0.05) is 12.1 Å². The maximum Gasteiger partial charge on any atom is 0.319 e. The van der Waals surface area contributed by atoms with Gasteiger partial charge in [0.05, 0.1) is 12.0 Å². The van der Waals surface area contributed by atoms with Crippen molar-refractivity contribution in [3.8, 4) is 0 Å². The van der Waals surface area contributed by atoms with Crippen molar-refractivity contribution in [2.24, 2.45) is 16.2 Å². The molecule has 4 fully saturated rings. The van der Waals surface area contributed by atoms with Crippen LogP contribution in [-0.4, -0.2) is 52.1 Å². The summed E-state index contributed by atoms with van der Waals surface area (Å²) < 4.78 is 11.1. The van der Waals surface area contributed by atoms with E-state index in [1.807, 2.05) is 0 Å². The summed E-state index contributed by atoms with van der Waals surface area (Å²) in [7, 11) is 0. The zero-order valence-electron chi connectivity index (χ0n) is 16.4. The number of carbonyl (C=O) groups is 3. The molecule has 1 aliphatic carbocycles. The van der Waals surface area contributed by atoms with Crippen LogP contribution < -0.4 is 4.90 Å². The molecule has 0 radical (unpaired) electrons. The van der Waals surface area contributed by atoms with Crippen molar-refractivity contribution in [3.05, 3.63) is 30.3 Å². The van der Waals surface area contributed by atoms with Gasteiger partial charge in [0.25, 0.3) is 5.91 Å². The minimum Gasteiger partial charge on any atom is -0.461 e. The predicted molar refractivity (Wildman–Crippen MR) is 98.2 cm³/mol. The third-order valence-corrected chi connectivity index (χ3v) is 7.53. The topological polar surface area (TPSA) is 113 Å². The van der Waals surface area contributed by atoms with Crippen molar-refractivity contribution >= 4 is 23.5 Å². The highest BCUT2D eigenvalue weighted by Crippen LogP contribution is 2.76. The van der Waals surface area contributed by atoms with Crippen molar-refractivity contribution in [2.45, 2.75) is 57.6 Å². The fourth-order valence-electron chi connectivity index (χ4n) is 6.26. The minimum atomic E-state index is -1.74. The number of aliphatic hydroxyl groups excluding tert-OH is 1. The fraction of sp³-hybridized carbons (Fsp3) is 0.571. The molecule has 3 saturated heterocycles. The number of benzene rings is 1. The number of amides is 1. The van der Waals surface area contributed by atoms with E-state index in [9.17, 15) is 24.6 Å². The second-order valence-corrected chi connectivity index (χ2v) is 9.51. The first-order valence-corrected chi connectivity index (χ1v) is 9.71. The molecule has 4 aliphatic rings. The van der Waals surface area contributed by atoms with E-state index in [4.69, 9.17) is 9.47 Å². The molecule has 6 atom stereocenters. The van der Waals surface area contributed by atoms with Gasteiger partial charge < -0.3 is 19.7 Å². The monoisotopic (exact) mass is 401 g/mol. The highest BCUT2D eigenvalue weighted by Gasteiger charge is 2.92. The molecule has 2 N–H and O–H groups in total. The van der Waals surface area contributed by atoms with E-state index in [-0.39, 0.29) is 12.8 Å². The maximum absolute atomic E-state index is 13.3. The number of carbonyl (C=O) groups excluding carboxylic acids is 3. The molecule has 8 nitrogen and oxygen atoms in total. The van der Waals surface area contributed by atoms with Crippen molar-refractivity contribution in [1.29, 1.82) is 0 Å². The smallest absolute Gasteiger partial charge is 0.319 e. The molecule has 2 spiro atoms. The third kappa shape index (κ3) is 1.73. The molecule has 8 heteroatoms. The third-order valence-electron chi connectivity index (χ3n) is 7.53. The summed E-state index contributed by atoms with van der Waals surface area (Å²) in [6.45, 7) is 5.33. The van der Waals surface area contributed by atoms with Gasteiger partial charge in [0.15, 0.2) is 6.23 Å². The van der Waals surface area contributed by atoms with Gasteiger partial charge in [0.2, 0.25) is 0 Å². The Morgan fingerprint density at radius 2 is 1.76 bits per heavy atom. The number of anilines is 1. The van der Waals surface area contributed by atoms with Gasteiger partial charge in [0.1, 0.15) is 23.0 Å². The molecule has 29 heavy (non-hydrogen) atoms. The summed E-state index contributed by atoms with van der Waals surface area (Å²) in [6.07, 6.45) is -4.33. The largest absolute Gasteiger partial charge is 0.461 e. The molecular weight excluding hydrogens is 378 g/mol. The molecule has 1 amide bonds. The molecule has 1 aromatic rings. The van der Waals surface area contributed by atoms with Crippen molar-refractivity contribution < 1.29 is 34.1 Å². The lowest BCUT2D eigenvalue weighted by atomic mass is 9.52. The first-order valence-electron chi connectivity index (χ1n) is 9.71. The zero-order chi connectivity index (χ0) is 21.0. The number of rotatable bonds is 1. The average Bonchev–Trinajstić information content (AvgIpc) is 3.24. The summed E-state index contributed by atoms with van der Waals surface area (Å²) in [6, 6.07) is 8.56. The summed E-state index contributed by atoms with van der Waals surface area (Å²) in [4.78, 5) is 40.0. The molecule has 3 aliphatic heterocycles. The molecule has 0 aromatic heterocycles. The number of aliphatic hydroxyl groups is 2. The summed E-state index contributed by atoms with van der Waals surface area (Å²) >= 11 is 0. The number of esters is 2. The molecular formula is C21H23NO7. The molecule has 5 rings (SSSR count). The highest BCUT2D eigenvalue weighted by atomic mass is 16.6. The minimum absolute atomic E-state index is 0.0548. The van der Waals surface area contributed by atoms with Gasteiger partial charge in [-0.2, -0.15) is 0 Å². The van der Waals surface area contributed by atoms with Crippen LogP contribution in [0.2, 0.25) is 0 Å². The van der Waals surface area contributed by atoms with Gasteiger partial charge in [-0.1, -0.05) is 39.0 Å². The van der Waals surface area contributed by atoms with Crippen LogP contribution >= 0.6 is 0 Å². The normalized spacial score (nSPS) is 43.1. The summed E-state index contributed by atoms with van der Waals surface area (Å²) in [5, 5.41) is 23.4. The molecule has 154 valence electrons. The van der Waals surface area contributed by atoms with Crippen molar-refractivity contribution in [3.63, 3.8) is 0 Å². The Hall–Kier alpha value is -2.45. The molecule has 0 bridgehead atoms. The van der Waals surface area contributed by atoms with Crippen LogP contribution in [-0.2, 0) is 23.9 Å². The van der Waals surface area contributed by atoms with E-state index in [0.717, 1.165) is 0 Å². The van der Waals surface area contributed by atoms with Crippen LogP contribution in [0.1, 0.15) is 33.6 Å². The number of hydrogen-bond acceptors (Lipinski definition) is 7. The Morgan fingerprint density at radius 3 is 2.38 bits per heavy atom. The number of hydrogen-bond donors (Lipinski definition) is 2. The first-order chi connectivity index (χ1) is 13.5. The second-order valence-electron chi connectivity index (χ2n) is 9.51. The van der Waals surface area contributed by atoms with E-state index < -0.39 is 58.1 Å². The van der Waals surface area contributed by atoms with Crippen LogP contribution in [0.5, 0.6) is 0 Å². The Labute approximate surface area is 167 Å². The number of nitrogens with zero attached hydrogens (tertiary/aromatic N) is 1. The van der Waals surface area contributed by atoms with Crippen LogP contribution in [0, 0.1) is 16.2 Å². The Balaban J connectivity index is 1.82. The van der Waals surface area contributed by atoms with Crippen molar-refractivity contribution in [1.82, 2.24) is 0 Å². The van der Waals surface area contributed by atoms with E-state index in [2.05, 4.69) is 0 Å². The summed E-state index contributed by atoms with van der Waals surface area (Å²) in [5.41, 5.74) is -5.47. The first kappa shape index (κ1) is 18.6. The van der Waals surface area contributed by atoms with Crippen LogP contribution in [0.4, 0.5) is 5.69 Å². The van der Waals surface area contributed by atoms with Crippen LogP contribution in [0.15, 0.2) is 30.3 Å². The molecule has 1 aromatic carbocycles. The zero-order valence-corrected chi connectivity index (χ0v) is 16.4. The van der Waals surface area contributed by atoms with E-state index >= 15 is 0 Å². The van der Waals surface area contributed by atoms with Crippen LogP contribution in [0.3, 0.4) is 0 Å². The van der Waals surface area contributed by atoms with Gasteiger partial charge >= 0.3 is 11.9 Å². The second kappa shape index (κ2) is 5.17. The van der Waals surface area contributed by atoms with E-state index in [1.165, 1.54) is 4.90 Å². The average molecular weight is 401 g/mol. The van der Waals surface area contributed by atoms with Gasteiger partial charge in [-0.15, -0.1) is 0 Å². The van der Waals surface area contributed by atoms with Crippen LogP contribution in [0.25, 0.3) is 0 Å². The molecule has 1 saturated carbocycles. The van der Waals surface area contributed by atoms with Gasteiger partial charge in [-0.05, 0) is 17.5 Å². The Bertz CT molecular complexity index is 940. The summed E-state index contributed by atoms with van der Waals surface area (Å²) in [5.74, 6) is -1.98. The Kier molecular flexibility index (Phi) is 3.31. The lowest BCUT2D eigenvalue weighted by molar-refractivity contribution is -0.204. The van der Waals surface area contributed by atoms with Gasteiger partial charge in [-0.25, -0.2) is 0 Å². The quantitative estimate of drug-likeness (QED) is 0.668. The van der Waals surface area contributed by atoms with Crippen molar-refractivity contribution in [2.75, 3.05) is 4.90 Å². The lowest BCUT2D eigenvalue weighted by Gasteiger charge is -2.51. The molecule has 3 heterocycles. The fourth-order valence-corrected chi connectivity index (χ4v) is 6.26. The number of ether oxygens (including phenoxy) is 2. The Morgan fingerprint density at radius 1 is 1.10 bits per heavy atom. The van der Waals surface area contributed by atoms with Gasteiger partial charge in [-0.3, -0.25) is 19.3 Å². The molecule has 1 unspecified atom stereocenters. The number of para-hydroxylation sites is 1. The standard InChI is InChI=1S/C21H23NO7/c1-18(2,3)20(27)9-12-19(10-13(23)28-12)17(26)29-16-21(19,20)14(24)15(25)22(16)11-7-5-4-6-8-11/h4-8,12,14,16,24,27H,9-10H2,1-3H3/t12-,14-,16-,19-,20+,21?/m0/s1. The van der Waals surface area contributed by atoms with E-state index in [0.29, 0.717) is 5.69 Å². The highest BCUT2D eigenvalue weighted by molar-refractivity contribution is 6.05. The maximum atomic E-state index is 13.3. The SMILES string of the molecule is CC(C)(C)[C@]1(O)C[C@@H]2OC(=O)C[C@@]23C(=O)O[C@@H]2N(c4ccccc4)C(=O)[C@H](O)C213. The van der Waals surface area contributed by atoms with E-state index in [1.54, 1.807) is 51.1 Å². The predicted octanol–water partition coefficient (Wildman–Crippen LogP) is 0.746.